The first kappa shape index (κ1) is 10.6. The molecule has 2 heterocycles. The van der Waals surface area contributed by atoms with Crippen LogP contribution in [0.1, 0.15) is 18.9 Å². The van der Waals surface area contributed by atoms with Crippen LogP contribution in [-0.2, 0) is 0 Å². The van der Waals surface area contributed by atoms with Crippen molar-refractivity contribution in [3.8, 4) is 6.07 Å². The molecular formula is C15H14N4. The van der Waals surface area contributed by atoms with E-state index >= 15 is 0 Å². The number of nitrogens with zero attached hydrogens (tertiary/aromatic N) is 3. The van der Waals surface area contributed by atoms with Crippen molar-refractivity contribution in [2.75, 3.05) is 16.9 Å². The molecule has 4 rings (SSSR count). The number of allylic oxidation sites excluding steroid dienone is 2. The molecule has 1 fully saturated rings. The van der Waals surface area contributed by atoms with Crippen molar-refractivity contribution in [1.29, 1.82) is 5.26 Å². The van der Waals surface area contributed by atoms with Crippen LogP contribution in [0.4, 0.5) is 11.4 Å². The topological polar surface area (TPSA) is 51.4 Å². The van der Waals surface area contributed by atoms with Crippen molar-refractivity contribution in [3.63, 3.8) is 0 Å². The van der Waals surface area contributed by atoms with Gasteiger partial charge in [-0.15, -0.1) is 0 Å². The van der Waals surface area contributed by atoms with Crippen molar-refractivity contribution < 1.29 is 0 Å². The number of aliphatic imine (C=N–C) groups is 1. The van der Waals surface area contributed by atoms with Crippen LogP contribution in [0, 0.1) is 23.2 Å². The second-order valence-electron chi connectivity index (χ2n) is 5.39. The van der Waals surface area contributed by atoms with Gasteiger partial charge in [-0.3, -0.25) is 0 Å². The normalized spacial score (nSPS) is 26.6. The zero-order valence-electron chi connectivity index (χ0n) is 10.7. The SMILES string of the molecule is CC1=CC2CC2C(N2CNc3ccc(C#N)cc32)=N1. The number of hydrogen-bond acceptors (Lipinski definition) is 4. The Morgan fingerprint density at radius 2 is 2.37 bits per heavy atom. The quantitative estimate of drug-likeness (QED) is 0.770. The summed E-state index contributed by atoms with van der Waals surface area (Å²) < 4.78 is 0. The number of rotatable bonds is 0. The van der Waals surface area contributed by atoms with E-state index in [4.69, 9.17) is 10.3 Å². The summed E-state index contributed by atoms with van der Waals surface area (Å²) in [4.78, 5) is 6.94. The van der Waals surface area contributed by atoms with E-state index in [0.717, 1.165) is 29.6 Å². The van der Waals surface area contributed by atoms with Crippen molar-refractivity contribution in [3.05, 3.63) is 35.5 Å². The Hall–Kier alpha value is -2.28. The van der Waals surface area contributed by atoms with E-state index in [1.807, 2.05) is 18.2 Å². The highest BCUT2D eigenvalue weighted by Gasteiger charge is 2.45. The lowest BCUT2D eigenvalue weighted by Crippen LogP contribution is -2.33. The third-order valence-electron chi connectivity index (χ3n) is 4.04. The first-order valence-electron chi connectivity index (χ1n) is 6.59. The van der Waals surface area contributed by atoms with Crippen LogP contribution in [0.2, 0.25) is 0 Å². The van der Waals surface area contributed by atoms with Crippen LogP contribution in [0.25, 0.3) is 0 Å². The maximum Gasteiger partial charge on any atom is 0.114 e. The van der Waals surface area contributed by atoms with Crippen LogP contribution in [0.15, 0.2) is 35.0 Å². The van der Waals surface area contributed by atoms with E-state index in [9.17, 15) is 0 Å². The first-order chi connectivity index (χ1) is 9.26. The molecule has 94 valence electrons. The summed E-state index contributed by atoms with van der Waals surface area (Å²) in [6.45, 7) is 2.81. The Morgan fingerprint density at radius 3 is 3.21 bits per heavy atom. The largest absolute Gasteiger partial charge is 0.366 e. The Balaban J connectivity index is 1.77. The maximum absolute atomic E-state index is 9.04. The summed E-state index contributed by atoms with van der Waals surface area (Å²) in [5.74, 6) is 2.41. The average Bonchev–Trinajstić information content (AvgIpc) is 3.07. The van der Waals surface area contributed by atoms with Crippen LogP contribution in [0.5, 0.6) is 0 Å². The van der Waals surface area contributed by atoms with Gasteiger partial charge < -0.3 is 10.2 Å². The maximum atomic E-state index is 9.04. The zero-order chi connectivity index (χ0) is 13.0. The lowest BCUT2D eigenvalue weighted by atomic mass is 10.1. The molecule has 3 aliphatic rings. The summed E-state index contributed by atoms with van der Waals surface area (Å²) >= 11 is 0. The minimum atomic E-state index is 0.571. The highest BCUT2D eigenvalue weighted by atomic mass is 15.3. The van der Waals surface area contributed by atoms with Gasteiger partial charge in [0.05, 0.1) is 29.7 Å². The lowest BCUT2D eigenvalue weighted by molar-refractivity contribution is 0.930. The van der Waals surface area contributed by atoms with Gasteiger partial charge in [0.25, 0.3) is 0 Å². The van der Waals surface area contributed by atoms with Crippen molar-refractivity contribution in [1.82, 2.24) is 0 Å². The van der Waals surface area contributed by atoms with Gasteiger partial charge in [-0.25, -0.2) is 4.99 Å². The lowest BCUT2D eigenvalue weighted by Gasteiger charge is -2.22. The molecular weight excluding hydrogens is 236 g/mol. The molecule has 0 bridgehead atoms. The van der Waals surface area contributed by atoms with Crippen molar-refractivity contribution in [2.45, 2.75) is 13.3 Å². The fraction of sp³-hybridized carbons (Fsp3) is 0.333. The number of benzene rings is 1. The number of nitriles is 1. The molecule has 0 saturated heterocycles. The number of amidine groups is 1. The predicted octanol–water partition coefficient (Wildman–Crippen LogP) is 2.70. The summed E-state index contributed by atoms with van der Waals surface area (Å²) in [6, 6.07) is 7.98. The molecule has 1 aromatic carbocycles. The second kappa shape index (κ2) is 3.61. The van der Waals surface area contributed by atoms with Crippen LogP contribution >= 0.6 is 0 Å². The van der Waals surface area contributed by atoms with Gasteiger partial charge >= 0.3 is 0 Å². The molecule has 2 unspecified atom stereocenters. The molecule has 4 nitrogen and oxygen atoms in total. The van der Waals surface area contributed by atoms with Gasteiger partial charge in [0.1, 0.15) is 5.84 Å². The minimum absolute atomic E-state index is 0.571. The van der Waals surface area contributed by atoms with Gasteiger partial charge in [-0.05, 0) is 37.5 Å². The van der Waals surface area contributed by atoms with Crippen LogP contribution < -0.4 is 10.2 Å². The molecule has 2 atom stereocenters. The Labute approximate surface area is 112 Å². The monoisotopic (exact) mass is 250 g/mol. The number of hydrogen-bond donors (Lipinski definition) is 1. The van der Waals surface area contributed by atoms with E-state index in [1.165, 1.54) is 6.42 Å². The molecule has 1 aliphatic carbocycles. The molecule has 0 amide bonds. The Morgan fingerprint density at radius 1 is 1.47 bits per heavy atom. The number of nitrogens with one attached hydrogen (secondary N) is 1. The summed E-state index contributed by atoms with van der Waals surface area (Å²) in [7, 11) is 0. The fourth-order valence-corrected chi connectivity index (χ4v) is 2.99. The minimum Gasteiger partial charge on any atom is -0.366 e. The molecule has 1 N–H and O–H groups in total. The van der Waals surface area contributed by atoms with E-state index in [1.54, 1.807) is 0 Å². The van der Waals surface area contributed by atoms with E-state index in [2.05, 4.69) is 29.3 Å². The molecule has 0 radical (unpaired) electrons. The standard InChI is InChI=1S/C15H14N4/c1-9-4-11-6-12(11)15(18-9)19-8-17-13-3-2-10(7-16)5-14(13)19/h2-5,11-12,17H,6,8H2,1H3. The van der Waals surface area contributed by atoms with Gasteiger partial charge in [0, 0.05) is 11.6 Å². The zero-order valence-corrected chi connectivity index (χ0v) is 10.7. The molecule has 2 aliphatic heterocycles. The first-order valence-corrected chi connectivity index (χ1v) is 6.59. The molecule has 1 aromatic rings. The fourth-order valence-electron chi connectivity index (χ4n) is 2.99. The smallest absolute Gasteiger partial charge is 0.114 e. The second-order valence-corrected chi connectivity index (χ2v) is 5.39. The molecule has 19 heavy (non-hydrogen) atoms. The molecule has 1 saturated carbocycles. The van der Waals surface area contributed by atoms with E-state index < -0.39 is 0 Å². The van der Waals surface area contributed by atoms with Crippen molar-refractivity contribution in [2.24, 2.45) is 16.8 Å². The van der Waals surface area contributed by atoms with E-state index in [0.29, 0.717) is 17.4 Å². The highest BCUT2D eigenvalue weighted by Crippen LogP contribution is 2.47. The van der Waals surface area contributed by atoms with E-state index in [-0.39, 0.29) is 0 Å². The predicted molar refractivity (Wildman–Crippen MR) is 74.9 cm³/mol. The molecule has 4 heteroatoms. The van der Waals surface area contributed by atoms with Crippen LogP contribution in [-0.4, -0.2) is 12.5 Å². The Kier molecular flexibility index (Phi) is 2.02. The third-order valence-corrected chi connectivity index (χ3v) is 4.04. The molecule has 0 spiro atoms. The summed E-state index contributed by atoms with van der Waals surface area (Å²) in [5.41, 5.74) is 3.98. The van der Waals surface area contributed by atoms with Gasteiger partial charge in [-0.1, -0.05) is 6.08 Å². The van der Waals surface area contributed by atoms with Gasteiger partial charge in [-0.2, -0.15) is 5.26 Å². The van der Waals surface area contributed by atoms with Crippen molar-refractivity contribution >= 4 is 17.2 Å². The van der Waals surface area contributed by atoms with Crippen LogP contribution in [0.3, 0.4) is 0 Å². The highest BCUT2D eigenvalue weighted by molar-refractivity contribution is 6.06. The summed E-state index contributed by atoms with van der Waals surface area (Å²) in [5, 5.41) is 12.4. The Bertz CT molecular complexity index is 665. The van der Waals surface area contributed by atoms with Gasteiger partial charge in [0.2, 0.25) is 0 Å². The average molecular weight is 250 g/mol. The molecule has 0 aromatic heterocycles. The number of anilines is 2. The van der Waals surface area contributed by atoms with Gasteiger partial charge in [0.15, 0.2) is 0 Å². The summed E-state index contributed by atoms with van der Waals surface area (Å²) in [6.07, 6.45) is 3.48. The number of fused-ring (bicyclic) bond motifs is 2. The third kappa shape index (κ3) is 1.55.